The summed E-state index contributed by atoms with van der Waals surface area (Å²) in [5.41, 5.74) is 10.8. The number of carboxylic acid groups (broad SMARTS) is 1. The van der Waals surface area contributed by atoms with Gasteiger partial charge in [-0.25, -0.2) is 9.78 Å². The molecule has 2 atom stereocenters. The number of anilines is 1. The van der Waals surface area contributed by atoms with Gasteiger partial charge in [-0.15, -0.1) is 23.1 Å². The topological polar surface area (TPSA) is 226 Å². The number of thiazole rings is 1. The number of primary amides is 1. The molecule has 3 amide bonds. The molecule has 0 radical (unpaired) electrons. The van der Waals surface area contributed by atoms with Crippen LogP contribution in [0.3, 0.4) is 0 Å². The van der Waals surface area contributed by atoms with Crippen molar-refractivity contribution >= 4 is 57.6 Å². The molecule has 4 heterocycles. The number of hydrogen-bond donors (Lipinski definition) is 4. The Balaban J connectivity index is 1.46. The van der Waals surface area contributed by atoms with Crippen molar-refractivity contribution in [1.82, 2.24) is 20.4 Å². The highest BCUT2D eigenvalue weighted by Crippen LogP contribution is 2.40. The summed E-state index contributed by atoms with van der Waals surface area (Å²) >= 11 is 2.35. The SMILES string of the molecule is CO/N=C(\C(=O)NC1C(=O)N2C(C(=O)O)=C(COc3cc(CC(N)=O)on3)CS[C@H]12)c1csc(N)n1. The van der Waals surface area contributed by atoms with Gasteiger partial charge >= 0.3 is 5.97 Å². The van der Waals surface area contributed by atoms with Crippen LogP contribution in [0.25, 0.3) is 0 Å². The van der Waals surface area contributed by atoms with Crippen LogP contribution < -0.4 is 21.5 Å². The number of aliphatic carboxylic acids is 1. The Bertz CT molecular complexity index is 1290. The van der Waals surface area contributed by atoms with Crippen LogP contribution in [-0.4, -0.2) is 80.4 Å². The Hall–Kier alpha value is -4.12. The number of β-lactam (4-membered cyclic amide) rings is 1. The fourth-order valence-electron chi connectivity index (χ4n) is 3.47. The number of nitrogens with zero attached hydrogens (tertiary/aromatic N) is 4. The number of aromatic nitrogens is 2. The van der Waals surface area contributed by atoms with E-state index in [1.54, 1.807) is 0 Å². The molecule has 0 saturated carbocycles. The third kappa shape index (κ3) is 4.96. The maximum absolute atomic E-state index is 12.9. The lowest BCUT2D eigenvalue weighted by atomic mass is 10.0. The molecular weight excluding hydrogens is 518 g/mol. The fourth-order valence-corrected chi connectivity index (χ4v) is 5.35. The zero-order valence-corrected chi connectivity index (χ0v) is 20.1. The second-order valence-electron chi connectivity index (χ2n) is 7.37. The van der Waals surface area contributed by atoms with Crippen molar-refractivity contribution in [2.24, 2.45) is 10.9 Å². The van der Waals surface area contributed by atoms with Gasteiger partial charge in [0.05, 0.1) is 6.42 Å². The number of thioether (sulfide) groups is 1. The lowest BCUT2D eigenvalue weighted by Crippen LogP contribution is -2.71. The smallest absolute Gasteiger partial charge is 0.352 e. The normalized spacial score (nSPS) is 19.4. The van der Waals surface area contributed by atoms with Gasteiger partial charge in [0.1, 0.15) is 42.3 Å². The van der Waals surface area contributed by atoms with Crippen molar-refractivity contribution in [1.29, 1.82) is 0 Å². The first-order valence-corrected chi connectivity index (χ1v) is 12.0. The molecule has 2 aliphatic rings. The molecule has 17 heteroatoms. The van der Waals surface area contributed by atoms with Crippen molar-refractivity contribution in [3.8, 4) is 5.88 Å². The molecule has 190 valence electrons. The predicted octanol–water partition coefficient (Wildman–Crippen LogP) is -1.09. The summed E-state index contributed by atoms with van der Waals surface area (Å²) in [5.74, 6) is -2.86. The maximum Gasteiger partial charge on any atom is 0.352 e. The van der Waals surface area contributed by atoms with E-state index in [9.17, 15) is 24.3 Å². The van der Waals surface area contributed by atoms with E-state index in [0.29, 0.717) is 5.57 Å². The number of carboxylic acids is 1. The van der Waals surface area contributed by atoms with Crippen LogP contribution in [0.2, 0.25) is 0 Å². The lowest BCUT2D eigenvalue weighted by Gasteiger charge is -2.49. The molecule has 6 N–H and O–H groups in total. The van der Waals surface area contributed by atoms with Gasteiger partial charge in [-0.2, -0.15) is 0 Å². The number of carbonyl (C=O) groups excluding carboxylic acids is 3. The van der Waals surface area contributed by atoms with Crippen molar-refractivity contribution in [3.05, 3.63) is 34.2 Å². The molecule has 4 rings (SSSR count). The first-order valence-electron chi connectivity index (χ1n) is 10.1. The van der Waals surface area contributed by atoms with Gasteiger partial charge in [0.15, 0.2) is 10.8 Å². The highest BCUT2D eigenvalue weighted by molar-refractivity contribution is 8.00. The van der Waals surface area contributed by atoms with Crippen molar-refractivity contribution < 1.29 is 38.4 Å². The molecule has 1 saturated heterocycles. The zero-order chi connectivity index (χ0) is 26.0. The fraction of sp³-hybridized carbons (Fsp3) is 0.316. The molecule has 1 fully saturated rings. The van der Waals surface area contributed by atoms with Crippen molar-refractivity contribution in [3.63, 3.8) is 0 Å². The number of ether oxygens (including phenoxy) is 1. The molecule has 0 bridgehead atoms. The van der Waals surface area contributed by atoms with Gasteiger partial charge in [0.25, 0.3) is 17.7 Å². The third-order valence-corrected chi connectivity index (χ3v) is 6.99. The van der Waals surface area contributed by atoms with E-state index < -0.39 is 35.1 Å². The highest BCUT2D eigenvalue weighted by atomic mass is 32.2. The Kier molecular flexibility index (Phi) is 7.11. The Morgan fingerprint density at radius 1 is 1.42 bits per heavy atom. The summed E-state index contributed by atoms with van der Waals surface area (Å²) in [4.78, 5) is 58.5. The van der Waals surface area contributed by atoms with Crippen LogP contribution in [0, 0.1) is 0 Å². The number of oxime groups is 1. The van der Waals surface area contributed by atoms with E-state index in [0.717, 1.165) is 16.2 Å². The zero-order valence-electron chi connectivity index (χ0n) is 18.5. The van der Waals surface area contributed by atoms with Crippen LogP contribution in [0.5, 0.6) is 5.88 Å². The van der Waals surface area contributed by atoms with E-state index in [1.165, 1.54) is 30.3 Å². The quantitative estimate of drug-likeness (QED) is 0.161. The number of fused-ring (bicyclic) bond motifs is 1. The summed E-state index contributed by atoms with van der Waals surface area (Å²) in [6.07, 6.45) is -0.168. The minimum atomic E-state index is -1.33. The van der Waals surface area contributed by atoms with Crippen LogP contribution in [0.4, 0.5) is 5.13 Å². The molecule has 1 unspecified atom stereocenters. The summed E-state index contributed by atoms with van der Waals surface area (Å²) in [5, 5.41) is 20.7. The molecule has 15 nitrogen and oxygen atoms in total. The monoisotopic (exact) mass is 537 g/mol. The minimum absolute atomic E-state index is 0.0309. The number of amides is 3. The van der Waals surface area contributed by atoms with Crippen LogP contribution in [0.15, 0.2) is 32.4 Å². The lowest BCUT2D eigenvalue weighted by molar-refractivity contribution is -0.150. The van der Waals surface area contributed by atoms with Crippen LogP contribution in [0.1, 0.15) is 11.5 Å². The van der Waals surface area contributed by atoms with Gasteiger partial charge in [0, 0.05) is 22.8 Å². The Morgan fingerprint density at radius 3 is 2.83 bits per heavy atom. The second kappa shape index (κ2) is 10.2. The summed E-state index contributed by atoms with van der Waals surface area (Å²) < 4.78 is 10.4. The summed E-state index contributed by atoms with van der Waals surface area (Å²) in [6, 6.07) is 0.365. The summed E-state index contributed by atoms with van der Waals surface area (Å²) in [7, 11) is 1.25. The average Bonchev–Trinajstić information content (AvgIpc) is 3.46. The molecule has 2 aromatic heterocycles. The highest BCUT2D eigenvalue weighted by Gasteiger charge is 2.54. The van der Waals surface area contributed by atoms with E-state index in [2.05, 4.69) is 20.6 Å². The second-order valence-corrected chi connectivity index (χ2v) is 9.37. The number of carbonyl (C=O) groups is 4. The molecule has 0 spiro atoms. The van der Waals surface area contributed by atoms with E-state index >= 15 is 0 Å². The van der Waals surface area contributed by atoms with Crippen molar-refractivity contribution in [2.75, 3.05) is 25.2 Å². The number of nitrogens with two attached hydrogens (primary N) is 2. The molecular formula is C19H19N7O8S2. The molecule has 36 heavy (non-hydrogen) atoms. The van der Waals surface area contributed by atoms with Gasteiger partial charge in [-0.3, -0.25) is 19.3 Å². The Morgan fingerprint density at radius 2 is 2.19 bits per heavy atom. The Labute approximate surface area is 210 Å². The largest absolute Gasteiger partial charge is 0.477 e. The average molecular weight is 538 g/mol. The van der Waals surface area contributed by atoms with E-state index in [4.69, 9.17) is 25.6 Å². The standard InChI is InChI=1S/C19H19N7O8S2/c1-32-25-12(9-6-36-19(21)22-9)15(28)23-13-16(29)26-14(18(30)31)7(5-35-17(13)26)4-33-11-3-8(34-24-11)2-10(20)27/h3,6,13,17H,2,4-5H2,1H3,(H2,20,27)(H2,21,22)(H,23,28)(H,30,31)/b25-12-/t13?,17-/m1/s1. The van der Waals surface area contributed by atoms with E-state index in [1.807, 2.05) is 0 Å². The molecule has 0 aliphatic carbocycles. The van der Waals surface area contributed by atoms with Gasteiger partial charge in [-0.1, -0.05) is 5.16 Å². The minimum Gasteiger partial charge on any atom is -0.477 e. The van der Waals surface area contributed by atoms with E-state index in [-0.39, 0.29) is 52.7 Å². The van der Waals surface area contributed by atoms with Gasteiger partial charge in [0.2, 0.25) is 5.91 Å². The number of rotatable bonds is 10. The van der Waals surface area contributed by atoms with Gasteiger partial charge in [-0.05, 0) is 5.16 Å². The molecule has 2 aromatic rings. The first-order chi connectivity index (χ1) is 17.2. The number of nitrogen functional groups attached to an aromatic ring is 1. The maximum atomic E-state index is 12.9. The van der Waals surface area contributed by atoms with Crippen LogP contribution >= 0.6 is 23.1 Å². The van der Waals surface area contributed by atoms with Gasteiger partial charge < -0.3 is 36.0 Å². The number of hydrogen-bond acceptors (Lipinski definition) is 13. The summed E-state index contributed by atoms with van der Waals surface area (Å²) in [6.45, 7) is -0.194. The molecule has 0 aromatic carbocycles. The number of nitrogens with one attached hydrogen (secondary N) is 1. The van der Waals surface area contributed by atoms with Crippen molar-refractivity contribution in [2.45, 2.75) is 17.8 Å². The van der Waals surface area contributed by atoms with Crippen LogP contribution in [-0.2, 0) is 30.4 Å². The third-order valence-electron chi connectivity index (χ3n) is 4.98. The molecule has 2 aliphatic heterocycles. The first kappa shape index (κ1) is 25.0. The predicted molar refractivity (Wildman–Crippen MR) is 125 cm³/mol.